The van der Waals surface area contributed by atoms with Crippen LogP contribution in [-0.2, 0) is 23.3 Å². The van der Waals surface area contributed by atoms with E-state index in [0.29, 0.717) is 10.8 Å². The van der Waals surface area contributed by atoms with E-state index < -0.39 is 5.43 Å². The van der Waals surface area contributed by atoms with Crippen molar-refractivity contribution in [2.24, 2.45) is 34.5 Å². The Labute approximate surface area is 286 Å². The second-order valence-corrected chi connectivity index (χ2v) is 19.7. The number of rotatable bonds is 2. The normalized spacial score (nSPS) is 26.4. The summed E-state index contributed by atoms with van der Waals surface area (Å²) in [5.74, 6) is 3.33. The maximum absolute atomic E-state index is 2.50. The molecule has 0 amide bonds. The molecule has 228 valence electrons. The van der Waals surface area contributed by atoms with Crippen LogP contribution >= 0.6 is 0 Å². The Morgan fingerprint density at radius 1 is 0.643 bits per heavy atom. The molecule has 2 aromatic carbocycles. The van der Waals surface area contributed by atoms with Crippen molar-refractivity contribution < 1.29 is 48.1 Å². The molecule has 0 bridgehead atoms. The van der Waals surface area contributed by atoms with Crippen LogP contribution in [0, 0.1) is 47.3 Å². The van der Waals surface area contributed by atoms with Gasteiger partial charge >= 0.3 is 99.8 Å². The molecular weight excluding hydrogens is 647 g/mol. The molecule has 4 unspecified atom stereocenters. The summed E-state index contributed by atoms with van der Waals surface area (Å²) in [6, 6.07) is 21.7. The SMILES string of the molecule is CC1[CH-]C2=CCCCC(C)(C)C2C1.CC1[CH-]C2=CCCCC(C)(C)C2C1.[Cl-].[Cl-].[Zr+2]=[Si](c1ccccc1)c1ccccc1. The van der Waals surface area contributed by atoms with Crippen molar-refractivity contribution in [2.45, 2.75) is 92.9 Å². The van der Waals surface area contributed by atoms with Crippen molar-refractivity contribution in [1.29, 1.82) is 0 Å². The van der Waals surface area contributed by atoms with Gasteiger partial charge in [-0.05, 0) is 35.5 Å². The van der Waals surface area contributed by atoms with Crippen LogP contribution in [0.25, 0.3) is 0 Å². The molecule has 4 aliphatic rings. The van der Waals surface area contributed by atoms with E-state index in [1.165, 1.54) is 61.7 Å². The molecule has 0 heterocycles. The molecule has 6 rings (SSSR count). The van der Waals surface area contributed by atoms with Crippen LogP contribution in [-0.4, -0.2) is 5.43 Å². The quantitative estimate of drug-likeness (QED) is 0.334. The average Bonchev–Trinajstić information content (AvgIpc) is 3.45. The van der Waals surface area contributed by atoms with Gasteiger partial charge in [0.2, 0.25) is 0 Å². The zero-order valence-electron chi connectivity index (χ0n) is 26.8. The summed E-state index contributed by atoms with van der Waals surface area (Å²) in [5, 5.41) is 3.03. The standard InChI is InChI=1S/2C13H21.C12H10Si.2ClH.Zr/c2*1-10-8-11-6-4-5-7-13(2,3)12(11)9-10;1-3-7-11(8-4-1)13-12-9-5-2-6-10-12;;;/h2*6,8,10,12H,4-5,7,9H2,1-3H3;1-10H;2*1H;/q2*-1;;;;+2/p-2. The van der Waals surface area contributed by atoms with Crippen LogP contribution < -0.4 is 35.2 Å². The zero-order valence-corrected chi connectivity index (χ0v) is 31.8. The molecule has 0 aliphatic heterocycles. The number of hydrogen-bond acceptors (Lipinski definition) is 0. The van der Waals surface area contributed by atoms with E-state index in [2.05, 4.69) is 127 Å². The van der Waals surface area contributed by atoms with Gasteiger partial charge in [0.15, 0.2) is 0 Å². The molecule has 0 spiro atoms. The molecule has 4 heteroatoms. The van der Waals surface area contributed by atoms with Crippen molar-refractivity contribution in [3.63, 3.8) is 0 Å². The summed E-state index contributed by atoms with van der Waals surface area (Å²) >= 11 is 1.64. The Kier molecular flexibility index (Phi) is 15.3. The van der Waals surface area contributed by atoms with E-state index in [0.717, 1.165) is 23.7 Å². The van der Waals surface area contributed by atoms with Gasteiger partial charge in [0.1, 0.15) is 0 Å². The Balaban J connectivity index is 0.000000215. The molecule has 4 aliphatic carbocycles. The number of hydrogen-bond donors (Lipinski definition) is 0. The van der Waals surface area contributed by atoms with Crippen LogP contribution in [0.2, 0.25) is 0 Å². The van der Waals surface area contributed by atoms with Gasteiger partial charge in [-0.25, -0.2) is 36.1 Å². The topological polar surface area (TPSA) is 0 Å². The minimum absolute atomic E-state index is 0. The molecule has 2 fully saturated rings. The van der Waals surface area contributed by atoms with Gasteiger partial charge < -0.3 is 24.8 Å². The van der Waals surface area contributed by atoms with E-state index in [1.54, 1.807) is 34.5 Å². The fourth-order valence-electron chi connectivity index (χ4n) is 7.38. The van der Waals surface area contributed by atoms with E-state index in [9.17, 15) is 0 Å². The van der Waals surface area contributed by atoms with Gasteiger partial charge in [0, 0.05) is 0 Å². The van der Waals surface area contributed by atoms with E-state index in [-0.39, 0.29) is 24.8 Å². The van der Waals surface area contributed by atoms with Crippen molar-refractivity contribution >= 4 is 15.8 Å². The van der Waals surface area contributed by atoms with Crippen LogP contribution in [0.15, 0.2) is 84.0 Å². The number of allylic oxidation sites excluding steroid dienone is 4. The number of halogens is 2. The van der Waals surface area contributed by atoms with Gasteiger partial charge in [-0.1, -0.05) is 79.1 Å². The summed E-state index contributed by atoms with van der Waals surface area (Å²) in [4.78, 5) is 0. The fraction of sp³-hybridized carbons (Fsp3) is 0.526. The van der Waals surface area contributed by atoms with Crippen LogP contribution in [0.1, 0.15) is 92.9 Å². The first-order valence-electron chi connectivity index (χ1n) is 15.9. The first-order chi connectivity index (χ1) is 19.1. The predicted octanol–water partition coefficient (Wildman–Crippen LogP) is 3.31. The maximum atomic E-state index is 2.50. The van der Waals surface area contributed by atoms with Crippen molar-refractivity contribution in [2.75, 3.05) is 0 Å². The molecule has 0 aromatic heterocycles. The summed E-state index contributed by atoms with van der Waals surface area (Å²) in [5.41, 5.74) is 3.96. The van der Waals surface area contributed by atoms with Gasteiger partial charge in [-0.15, -0.1) is 12.8 Å². The molecule has 42 heavy (non-hydrogen) atoms. The van der Waals surface area contributed by atoms with Crippen molar-refractivity contribution in [3.8, 4) is 0 Å². The predicted molar refractivity (Wildman–Crippen MR) is 172 cm³/mol. The Morgan fingerprint density at radius 3 is 1.36 bits per heavy atom. The molecule has 4 atom stereocenters. The monoisotopic (exact) mass is 696 g/mol. The van der Waals surface area contributed by atoms with Crippen LogP contribution in [0.5, 0.6) is 0 Å². The summed E-state index contributed by atoms with van der Waals surface area (Å²) < 4.78 is 0. The molecule has 2 saturated carbocycles. The van der Waals surface area contributed by atoms with E-state index in [1.807, 2.05) is 0 Å². The second-order valence-electron chi connectivity index (χ2n) is 14.1. The molecule has 0 radical (unpaired) electrons. The third-order valence-corrected chi connectivity index (χ3v) is 15.9. The molecule has 0 saturated heterocycles. The van der Waals surface area contributed by atoms with Gasteiger partial charge in [-0.3, -0.25) is 0 Å². The minimum atomic E-state index is -0.455. The molecule has 0 nitrogen and oxygen atoms in total. The molecule has 2 aromatic rings. The average molecular weight is 699 g/mol. The third kappa shape index (κ3) is 10.2. The van der Waals surface area contributed by atoms with Crippen LogP contribution in [0.3, 0.4) is 0 Å². The summed E-state index contributed by atoms with van der Waals surface area (Å²) in [6.07, 6.45) is 20.9. The summed E-state index contributed by atoms with van der Waals surface area (Å²) in [7, 11) is 0. The number of fused-ring (bicyclic) bond motifs is 2. The van der Waals surface area contributed by atoms with Crippen molar-refractivity contribution in [3.05, 3.63) is 96.8 Å². The van der Waals surface area contributed by atoms with Gasteiger partial charge in [-0.2, -0.15) is 0 Å². The Hall–Kier alpha value is -0.660. The first-order valence-corrected chi connectivity index (χ1v) is 21.0. The van der Waals surface area contributed by atoms with Crippen LogP contribution in [0.4, 0.5) is 0 Å². The van der Waals surface area contributed by atoms with Crippen molar-refractivity contribution in [1.82, 2.24) is 0 Å². The Bertz CT molecular complexity index is 1080. The second kappa shape index (κ2) is 17.1. The van der Waals surface area contributed by atoms with E-state index in [4.69, 9.17) is 0 Å². The van der Waals surface area contributed by atoms with Gasteiger partial charge in [0.25, 0.3) is 0 Å². The zero-order chi connectivity index (χ0) is 28.8. The fourth-order valence-corrected chi connectivity index (χ4v) is 11.2. The number of benzene rings is 2. The molecular formula is C38H52Cl2SiZr-2. The van der Waals surface area contributed by atoms with Gasteiger partial charge in [0.05, 0.1) is 0 Å². The molecule has 0 N–H and O–H groups in total. The van der Waals surface area contributed by atoms with E-state index >= 15 is 0 Å². The first kappa shape index (κ1) is 37.5. The Morgan fingerprint density at radius 2 is 1.00 bits per heavy atom. The summed E-state index contributed by atoms with van der Waals surface area (Å²) in [6.45, 7) is 14.5. The third-order valence-electron chi connectivity index (χ3n) is 9.80.